The fourth-order valence-electron chi connectivity index (χ4n) is 2.63. The number of fused-ring (bicyclic) bond motifs is 1. The molecule has 0 bridgehead atoms. The third kappa shape index (κ3) is 2.25. The number of aromatic hydroxyl groups is 1. The van der Waals surface area contributed by atoms with E-state index >= 15 is 0 Å². The van der Waals surface area contributed by atoms with Crippen LogP contribution in [0.3, 0.4) is 0 Å². The third-order valence-electron chi connectivity index (χ3n) is 3.74. The summed E-state index contributed by atoms with van der Waals surface area (Å²) in [5, 5.41) is 9.73. The Hall–Kier alpha value is -2.67. The molecule has 0 atom stereocenters. The van der Waals surface area contributed by atoms with Gasteiger partial charge in [-0.2, -0.15) is 4.98 Å². The molecule has 0 unspecified atom stereocenters. The molecule has 2 aromatic heterocycles. The van der Waals surface area contributed by atoms with Crippen molar-refractivity contribution in [3.63, 3.8) is 0 Å². The van der Waals surface area contributed by atoms with E-state index in [0.717, 1.165) is 35.5 Å². The molecule has 22 heavy (non-hydrogen) atoms. The van der Waals surface area contributed by atoms with E-state index in [1.165, 1.54) is 0 Å². The predicted octanol–water partition coefficient (Wildman–Crippen LogP) is 0.981. The topological polar surface area (TPSA) is 88.4 Å². The number of rotatable bonds is 2. The lowest BCUT2D eigenvalue weighted by Gasteiger charge is -2.25. The van der Waals surface area contributed by atoms with Crippen molar-refractivity contribution >= 4 is 17.1 Å². The number of aromatic nitrogens is 4. The molecule has 4 rings (SSSR count). The van der Waals surface area contributed by atoms with Gasteiger partial charge in [-0.3, -0.25) is 4.98 Å². The van der Waals surface area contributed by atoms with Crippen molar-refractivity contribution in [3.05, 3.63) is 30.6 Å². The Bertz CT molecular complexity index is 811. The third-order valence-corrected chi connectivity index (χ3v) is 3.74. The highest BCUT2D eigenvalue weighted by atomic mass is 16.5. The second kappa shape index (κ2) is 5.27. The summed E-state index contributed by atoms with van der Waals surface area (Å²) in [4.78, 5) is 17.6. The largest absolute Gasteiger partial charge is 0.508 e. The number of imidazole rings is 1. The van der Waals surface area contributed by atoms with E-state index in [9.17, 15) is 5.11 Å². The first-order chi connectivity index (χ1) is 10.8. The van der Waals surface area contributed by atoms with Gasteiger partial charge in [-0.25, -0.2) is 4.98 Å². The molecule has 1 aromatic carbocycles. The van der Waals surface area contributed by atoms with Gasteiger partial charge in [0.1, 0.15) is 11.4 Å². The number of hydrogen-bond donors (Lipinski definition) is 2. The maximum atomic E-state index is 9.73. The summed E-state index contributed by atoms with van der Waals surface area (Å²) in [6.07, 6.45) is 1.73. The molecular weight excluding hydrogens is 282 g/mol. The molecular formula is C15H16N5O2+. The Kier molecular flexibility index (Phi) is 3.12. The van der Waals surface area contributed by atoms with E-state index < -0.39 is 0 Å². The van der Waals surface area contributed by atoms with E-state index in [-0.39, 0.29) is 5.75 Å². The minimum absolute atomic E-state index is 0.215. The number of nitrogens with one attached hydrogen (secondary N) is 2. The standard InChI is InChI=1S/C15H15N5O2/c21-11-3-1-2-10(8-11)12-13-14(17-9-16-13)19-15(18-12)20-4-6-22-7-5-20/h1-3,8-9,21H,4-7H2,(H,16,17,18,19)/p+1. The molecule has 0 amide bonds. The quantitative estimate of drug-likeness (QED) is 0.736. The summed E-state index contributed by atoms with van der Waals surface area (Å²) in [5.41, 5.74) is 3.18. The maximum Gasteiger partial charge on any atom is 0.305 e. The highest BCUT2D eigenvalue weighted by Gasteiger charge is 2.22. The number of hydrogen-bond acceptors (Lipinski definition) is 5. The van der Waals surface area contributed by atoms with Crippen LogP contribution in [-0.2, 0) is 4.74 Å². The predicted molar refractivity (Wildman–Crippen MR) is 80.6 cm³/mol. The van der Waals surface area contributed by atoms with Crippen molar-refractivity contribution in [2.24, 2.45) is 0 Å². The van der Waals surface area contributed by atoms with Gasteiger partial charge in [-0.1, -0.05) is 17.1 Å². The number of H-pyrrole nitrogens is 2. The number of benzene rings is 1. The fourth-order valence-corrected chi connectivity index (χ4v) is 2.63. The average molecular weight is 298 g/mol. The van der Waals surface area contributed by atoms with Crippen LogP contribution in [0.2, 0.25) is 0 Å². The van der Waals surface area contributed by atoms with Crippen LogP contribution in [0.1, 0.15) is 0 Å². The zero-order valence-electron chi connectivity index (χ0n) is 11.9. The van der Waals surface area contributed by atoms with Gasteiger partial charge in [-0.05, 0) is 12.1 Å². The minimum Gasteiger partial charge on any atom is -0.508 e. The van der Waals surface area contributed by atoms with Crippen LogP contribution in [0.25, 0.3) is 22.4 Å². The van der Waals surface area contributed by atoms with E-state index in [1.54, 1.807) is 24.5 Å². The first-order valence-electron chi connectivity index (χ1n) is 7.20. The van der Waals surface area contributed by atoms with Crippen molar-refractivity contribution in [1.82, 2.24) is 15.0 Å². The number of aromatic amines is 2. The molecule has 3 aromatic rings. The van der Waals surface area contributed by atoms with Gasteiger partial charge in [0.25, 0.3) is 0 Å². The zero-order valence-corrected chi connectivity index (χ0v) is 11.9. The van der Waals surface area contributed by atoms with Crippen LogP contribution in [-0.4, -0.2) is 46.4 Å². The average Bonchev–Trinajstić information content (AvgIpc) is 3.03. The molecule has 0 aliphatic carbocycles. The van der Waals surface area contributed by atoms with E-state index in [0.29, 0.717) is 19.2 Å². The number of nitrogens with zero attached hydrogens (tertiary/aromatic N) is 3. The van der Waals surface area contributed by atoms with Gasteiger partial charge in [0.05, 0.1) is 13.2 Å². The van der Waals surface area contributed by atoms with Crippen LogP contribution < -0.4 is 9.88 Å². The fraction of sp³-hybridized carbons (Fsp3) is 0.267. The summed E-state index contributed by atoms with van der Waals surface area (Å²) in [6.45, 7) is 2.91. The Balaban J connectivity index is 1.87. The number of phenolic OH excluding ortho intramolecular Hbond substituents is 1. The van der Waals surface area contributed by atoms with Gasteiger partial charge in [-0.15, -0.1) is 0 Å². The lowest BCUT2D eigenvalue weighted by atomic mass is 10.1. The number of phenols is 1. The van der Waals surface area contributed by atoms with Crippen LogP contribution >= 0.6 is 0 Å². The van der Waals surface area contributed by atoms with Gasteiger partial charge in [0.2, 0.25) is 0 Å². The lowest BCUT2D eigenvalue weighted by Crippen LogP contribution is -2.37. The van der Waals surface area contributed by atoms with Crippen LogP contribution in [0.4, 0.5) is 5.95 Å². The van der Waals surface area contributed by atoms with Gasteiger partial charge in [0.15, 0.2) is 11.8 Å². The first-order valence-corrected chi connectivity index (χ1v) is 7.20. The number of anilines is 1. The van der Waals surface area contributed by atoms with E-state index in [4.69, 9.17) is 9.72 Å². The number of morpholine rings is 1. The van der Waals surface area contributed by atoms with E-state index in [1.807, 2.05) is 6.07 Å². The summed E-state index contributed by atoms with van der Waals surface area (Å²) >= 11 is 0. The molecule has 1 aliphatic rings. The SMILES string of the molecule is Oc1cccc(-c2nc(N3CCOCC3)nc3[nH+]c[nH]c23)c1. The summed E-state index contributed by atoms with van der Waals surface area (Å²) in [7, 11) is 0. The van der Waals surface area contributed by atoms with Gasteiger partial charge < -0.3 is 14.7 Å². The van der Waals surface area contributed by atoms with Crippen molar-refractivity contribution in [2.75, 3.05) is 31.2 Å². The van der Waals surface area contributed by atoms with Crippen LogP contribution in [0, 0.1) is 0 Å². The summed E-state index contributed by atoms with van der Waals surface area (Å²) in [5.74, 6) is 0.887. The molecule has 3 N–H and O–H groups in total. The first kappa shape index (κ1) is 13.0. The Morgan fingerprint density at radius 2 is 2.09 bits per heavy atom. The molecule has 7 nitrogen and oxygen atoms in total. The van der Waals surface area contributed by atoms with Crippen LogP contribution in [0.15, 0.2) is 30.6 Å². The molecule has 3 heterocycles. The zero-order chi connectivity index (χ0) is 14.9. The van der Waals surface area contributed by atoms with Gasteiger partial charge in [0, 0.05) is 18.7 Å². The maximum absolute atomic E-state index is 9.73. The highest BCUT2D eigenvalue weighted by molar-refractivity contribution is 5.86. The van der Waals surface area contributed by atoms with Crippen molar-refractivity contribution in [3.8, 4) is 17.0 Å². The van der Waals surface area contributed by atoms with Crippen molar-refractivity contribution in [1.29, 1.82) is 0 Å². The minimum atomic E-state index is 0.215. The highest BCUT2D eigenvalue weighted by Crippen LogP contribution is 2.27. The molecule has 0 radical (unpaired) electrons. The molecule has 0 saturated carbocycles. The van der Waals surface area contributed by atoms with Crippen LogP contribution in [0.5, 0.6) is 5.75 Å². The Morgan fingerprint density at radius 3 is 2.91 bits per heavy atom. The smallest absolute Gasteiger partial charge is 0.305 e. The molecule has 1 aliphatic heterocycles. The number of ether oxygens (including phenoxy) is 1. The lowest BCUT2D eigenvalue weighted by molar-refractivity contribution is -0.347. The van der Waals surface area contributed by atoms with Crippen molar-refractivity contribution in [2.45, 2.75) is 0 Å². The molecule has 0 spiro atoms. The second-order valence-corrected chi connectivity index (χ2v) is 5.18. The van der Waals surface area contributed by atoms with E-state index in [2.05, 4.69) is 19.9 Å². The second-order valence-electron chi connectivity index (χ2n) is 5.18. The van der Waals surface area contributed by atoms with Crippen molar-refractivity contribution < 1.29 is 14.8 Å². The molecule has 1 saturated heterocycles. The summed E-state index contributed by atoms with van der Waals surface area (Å²) in [6, 6.07) is 7.07. The molecule has 112 valence electrons. The summed E-state index contributed by atoms with van der Waals surface area (Å²) < 4.78 is 5.38. The van der Waals surface area contributed by atoms with Gasteiger partial charge >= 0.3 is 11.6 Å². The molecule has 1 fully saturated rings. The Morgan fingerprint density at radius 1 is 1.23 bits per heavy atom. The normalized spacial score (nSPS) is 15.4. The molecule has 7 heteroatoms. The monoisotopic (exact) mass is 298 g/mol. The Labute approximate surface area is 126 Å².